The van der Waals surface area contributed by atoms with Gasteiger partial charge in [-0.2, -0.15) is 0 Å². The summed E-state index contributed by atoms with van der Waals surface area (Å²) in [7, 11) is 1.94. The fourth-order valence-electron chi connectivity index (χ4n) is 3.61. The van der Waals surface area contributed by atoms with E-state index in [1.807, 2.05) is 109 Å². The molecule has 1 amide bonds. The first-order valence-electron chi connectivity index (χ1n) is 9.66. The van der Waals surface area contributed by atoms with Gasteiger partial charge in [0.25, 0.3) is 0 Å². The van der Waals surface area contributed by atoms with Gasteiger partial charge in [0.05, 0.1) is 5.92 Å². The maximum absolute atomic E-state index is 13.6. The first-order chi connectivity index (χ1) is 14.2. The lowest BCUT2D eigenvalue weighted by atomic mass is 9.90. The molecule has 1 N–H and O–H groups in total. The molecule has 4 rings (SSSR count). The first-order valence-corrected chi connectivity index (χ1v) is 9.66. The van der Waals surface area contributed by atoms with Gasteiger partial charge in [-0.05, 0) is 16.7 Å². The molecule has 0 saturated heterocycles. The number of carbonyl (C=O) groups is 1. The number of carbonyl (C=O) groups excluding carboxylic acids is 1. The van der Waals surface area contributed by atoms with E-state index in [-0.39, 0.29) is 11.9 Å². The van der Waals surface area contributed by atoms with Crippen LogP contribution in [0.25, 0.3) is 0 Å². The van der Waals surface area contributed by atoms with E-state index in [1.54, 1.807) is 6.20 Å². The summed E-state index contributed by atoms with van der Waals surface area (Å²) < 4.78 is 1.94. The van der Waals surface area contributed by atoms with E-state index in [4.69, 9.17) is 0 Å². The molecule has 1 atom stereocenters. The van der Waals surface area contributed by atoms with Crippen LogP contribution in [0.3, 0.4) is 0 Å². The van der Waals surface area contributed by atoms with Gasteiger partial charge in [0.1, 0.15) is 11.9 Å². The number of hydrogen-bond donors (Lipinski definition) is 1. The summed E-state index contributed by atoms with van der Waals surface area (Å²) in [5.41, 5.74) is 2.92. The summed E-state index contributed by atoms with van der Waals surface area (Å²) in [6.45, 7) is 0. The lowest BCUT2D eigenvalue weighted by molar-refractivity contribution is -0.122. The van der Waals surface area contributed by atoms with E-state index >= 15 is 0 Å². The molecule has 29 heavy (non-hydrogen) atoms. The van der Waals surface area contributed by atoms with Crippen LogP contribution in [0.15, 0.2) is 103 Å². The number of nitrogens with zero attached hydrogens (tertiary/aromatic N) is 2. The molecule has 144 valence electrons. The van der Waals surface area contributed by atoms with Crippen molar-refractivity contribution < 1.29 is 4.79 Å². The molecule has 0 aliphatic rings. The number of rotatable bonds is 6. The molecule has 3 aromatic carbocycles. The molecule has 0 spiro atoms. The number of nitrogens with one attached hydrogen (secondary N) is 1. The zero-order valence-electron chi connectivity index (χ0n) is 16.3. The minimum atomic E-state index is -0.399. The quantitative estimate of drug-likeness (QED) is 0.536. The van der Waals surface area contributed by atoms with Crippen LogP contribution in [0.4, 0.5) is 0 Å². The SMILES string of the molecule is Cn1ccnc1[C@H](NC(=O)C(c1ccccc1)c1ccccc1)c1ccccc1. The highest BCUT2D eigenvalue weighted by atomic mass is 16.2. The number of benzene rings is 3. The highest BCUT2D eigenvalue weighted by Crippen LogP contribution is 2.27. The fraction of sp³-hybridized carbons (Fsp3) is 0.120. The van der Waals surface area contributed by atoms with Gasteiger partial charge in [-0.25, -0.2) is 4.98 Å². The Balaban J connectivity index is 1.72. The van der Waals surface area contributed by atoms with E-state index < -0.39 is 5.92 Å². The Morgan fingerprint density at radius 2 is 1.28 bits per heavy atom. The summed E-state index contributed by atoms with van der Waals surface area (Å²) in [4.78, 5) is 18.1. The average Bonchev–Trinajstić information content (AvgIpc) is 3.20. The Morgan fingerprint density at radius 1 is 0.793 bits per heavy atom. The van der Waals surface area contributed by atoms with Crippen LogP contribution in [0.5, 0.6) is 0 Å². The van der Waals surface area contributed by atoms with Crippen molar-refractivity contribution >= 4 is 5.91 Å². The van der Waals surface area contributed by atoms with Crippen LogP contribution in [-0.2, 0) is 11.8 Å². The highest BCUT2D eigenvalue weighted by Gasteiger charge is 2.27. The standard InChI is InChI=1S/C25H23N3O/c1-28-18-17-26-24(28)23(21-15-9-4-10-16-21)27-25(29)22(19-11-5-2-6-12-19)20-13-7-3-8-14-20/h2-18,22-23H,1H3,(H,27,29)/t23-/m1/s1. The molecular formula is C25H23N3O. The van der Waals surface area contributed by atoms with Gasteiger partial charge in [-0.3, -0.25) is 4.79 Å². The Hall–Kier alpha value is -3.66. The summed E-state index contributed by atoms with van der Waals surface area (Å²) in [5.74, 6) is 0.340. The molecular weight excluding hydrogens is 358 g/mol. The van der Waals surface area contributed by atoms with E-state index in [0.29, 0.717) is 0 Å². The van der Waals surface area contributed by atoms with Crippen LogP contribution in [0, 0.1) is 0 Å². The van der Waals surface area contributed by atoms with Crippen LogP contribution < -0.4 is 5.32 Å². The lowest BCUT2D eigenvalue weighted by Crippen LogP contribution is -2.35. The zero-order valence-corrected chi connectivity index (χ0v) is 16.3. The normalized spacial score (nSPS) is 11.9. The van der Waals surface area contributed by atoms with Crippen molar-refractivity contribution in [3.05, 3.63) is 126 Å². The molecule has 0 unspecified atom stereocenters. The molecule has 0 bridgehead atoms. The maximum atomic E-state index is 13.6. The second-order valence-corrected chi connectivity index (χ2v) is 7.00. The van der Waals surface area contributed by atoms with Crippen LogP contribution >= 0.6 is 0 Å². The van der Waals surface area contributed by atoms with E-state index in [9.17, 15) is 4.79 Å². The molecule has 4 heteroatoms. The fourth-order valence-corrected chi connectivity index (χ4v) is 3.61. The average molecular weight is 381 g/mol. The monoisotopic (exact) mass is 381 g/mol. The van der Waals surface area contributed by atoms with Crippen molar-refractivity contribution in [3.8, 4) is 0 Å². The van der Waals surface area contributed by atoms with Gasteiger partial charge in [0, 0.05) is 19.4 Å². The summed E-state index contributed by atoms with van der Waals surface area (Å²) in [6.07, 6.45) is 3.65. The van der Waals surface area contributed by atoms with E-state index in [2.05, 4.69) is 10.3 Å². The number of amides is 1. The minimum absolute atomic E-state index is 0.0562. The summed E-state index contributed by atoms with van der Waals surface area (Å²) in [5, 5.41) is 3.25. The highest BCUT2D eigenvalue weighted by molar-refractivity contribution is 5.87. The van der Waals surface area contributed by atoms with Gasteiger partial charge in [0.15, 0.2) is 0 Å². The van der Waals surface area contributed by atoms with Crippen molar-refractivity contribution in [2.24, 2.45) is 7.05 Å². The molecule has 1 aromatic heterocycles. The third kappa shape index (κ3) is 4.11. The second kappa shape index (κ2) is 8.57. The smallest absolute Gasteiger partial charge is 0.232 e. The number of aryl methyl sites for hydroxylation is 1. The maximum Gasteiger partial charge on any atom is 0.232 e. The van der Waals surface area contributed by atoms with Crippen LogP contribution in [0.1, 0.15) is 34.5 Å². The number of hydrogen-bond acceptors (Lipinski definition) is 2. The van der Waals surface area contributed by atoms with Crippen molar-refractivity contribution in [1.29, 1.82) is 0 Å². The van der Waals surface area contributed by atoms with Gasteiger partial charge in [-0.1, -0.05) is 91.0 Å². The van der Waals surface area contributed by atoms with Gasteiger partial charge >= 0.3 is 0 Å². The second-order valence-electron chi connectivity index (χ2n) is 7.00. The zero-order chi connectivity index (χ0) is 20.1. The molecule has 1 heterocycles. The Morgan fingerprint density at radius 3 is 1.72 bits per heavy atom. The van der Waals surface area contributed by atoms with Crippen molar-refractivity contribution in [2.45, 2.75) is 12.0 Å². The van der Waals surface area contributed by atoms with Gasteiger partial charge in [0.2, 0.25) is 5.91 Å². The Bertz CT molecular complexity index is 1020. The van der Waals surface area contributed by atoms with Crippen molar-refractivity contribution in [1.82, 2.24) is 14.9 Å². The molecule has 0 radical (unpaired) electrons. The van der Waals surface area contributed by atoms with E-state index in [0.717, 1.165) is 22.5 Å². The Kier molecular flexibility index (Phi) is 5.52. The van der Waals surface area contributed by atoms with Crippen molar-refractivity contribution in [2.75, 3.05) is 0 Å². The van der Waals surface area contributed by atoms with Gasteiger partial charge < -0.3 is 9.88 Å². The predicted molar refractivity (Wildman–Crippen MR) is 114 cm³/mol. The first kappa shape index (κ1) is 18.7. The molecule has 0 saturated carbocycles. The summed E-state index contributed by atoms with van der Waals surface area (Å²) in [6, 6.07) is 29.4. The van der Waals surface area contributed by atoms with Crippen molar-refractivity contribution in [3.63, 3.8) is 0 Å². The summed E-state index contributed by atoms with van der Waals surface area (Å²) >= 11 is 0. The third-order valence-electron chi connectivity index (χ3n) is 5.06. The largest absolute Gasteiger partial charge is 0.341 e. The molecule has 4 aromatic rings. The predicted octanol–water partition coefficient (Wildman–Crippen LogP) is 4.46. The topological polar surface area (TPSA) is 46.9 Å². The minimum Gasteiger partial charge on any atom is -0.341 e. The molecule has 0 fully saturated rings. The van der Waals surface area contributed by atoms with E-state index in [1.165, 1.54) is 0 Å². The van der Waals surface area contributed by atoms with Gasteiger partial charge in [-0.15, -0.1) is 0 Å². The Labute approximate surface area is 170 Å². The molecule has 4 nitrogen and oxygen atoms in total. The molecule has 0 aliphatic carbocycles. The third-order valence-corrected chi connectivity index (χ3v) is 5.06. The number of imidazole rings is 1. The molecule has 0 aliphatic heterocycles. The van der Waals surface area contributed by atoms with Crippen LogP contribution in [-0.4, -0.2) is 15.5 Å². The van der Waals surface area contributed by atoms with Crippen LogP contribution in [0.2, 0.25) is 0 Å². The lowest BCUT2D eigenvalue weighted by Gasteiger charge is -2.24. The number of aromatic nitrogens is 2.